The average molecular weight is 640 g/mol. The summed E-state index contributed by atoms with van der Waals surface area (Å²) in [6.07, 6.45) is 8.13. The number of imidazole rings is 1. The molecule has 3 N–H and O–H groups in total. The van der Waals surface area contributed by atoms with Crippen molar-refractivity contribution in [1.82, 2.24) is 28.0 Å². The van der Waals surface area contributed by atoms with Crippen LogP contribution >= 0.6 is 12.1 Å². The van der Waals surface area contributed by atoms with Crippen LogP contribution in [0.3, 0.4) is 0 Å². The van der Waals surface area contributed by atoms with Crippen molar-refractivity contribution in [3.05, 3.63) is 34.2 Å². The monoisotopic (exact) mass is 639 g/mol. The molecular formula is C33H49N7O4S. The molecule has 1 amide bonds. The summed E-state index contributed by atoms with van der Waals surface area (Å²) >= 11 is 1.94. The number of aryl methyl sites for hydroxylation is 1. The standard InChI is InChI=1S/C33H49N7O4S/c1-35-31(42)9-8-28(24-41)40-30-7-3-5-26(32(30)36(2)33(40)43)6-4-22-44-29-14-16-37(17-15-29)23-25-10-18-38(19-11-25)45-39-20-12-27(34)13-21-39/h3,5,7,24-25,27-29H,8-23,34H2,1-2H3,(H,35,42). The molecule has 2 aromatic rings. The van der Waals surface area contributed by atoms with Gasteiger partial charge in [0.05, 0.1) is 28.7 Å². The van der Waals surface area contributed by atoms with Crippen LogP contribution in [0.2, 0.25) is 0 Å². The Kier molecular flexibility index (Phi) is 12.2. The van der Waals surface area contributed by atoms with E-state index in [1.54, 1.807) is 14.1 Å². The first-order valence-corrected chi connectivity index (χ1v) is 17.2. The maximum absolute atomic E-state index is 13.1. The molecule has 1 aromatic carbocycles. The van der Waals surface area contributed by atoms with Crippen LogP contribution in [-0.2, 0) is 21.4 Å². The molecule has 3 aliphatic rings. The third-order valence-corrected chi connectivity index (χ3v) is 10.7. The molecule has 3 fully saturated rings. The summed E-state index contributed by atoms with van der Waals surface area (Å²) in [6, 6.07) is 5.19. The Balaban J connectivity index is 1.06. The van der Waals surface area contributed by atoms with Gasteiger partial charge in [-0.3, -0.25) is 13.9 Å². The van der Waals surface area contributed by atoms with E-state index in [1.807, 2.05) is 30.3 Å². The summed E-state index contributed by atoms with van der Waals surface area (Å²) in [6.45, 7) is 8.18. The summed E-state index contributed by atoms with van der Waals surface area (Å²) in [4.78, 5) is 39.4. The fourth-order valence-electron chi connectivity index (χ4n) is 6.73. The molecule has 3 aliphatic heterocycles. The van der Waals surface area contributed by atoms with E-state index in [4.69, 9.17) is 10.5 Å². The van der Waals surface area contributed by atoms with Gasteiger partial charge in [0.1, 0.15) is 12.9 Å². The molecule has 0 radical (unpaired) electrons. The van der Waals surface area contributed by atoms with Crippen LogP contribution in [0.1, 0.15) is 63.0 Å². The Morgan fingerprint density at radius 3 is 2.44 bits per heavy atom. The zero-order valence-electron chi connectivity index (χ0n) is 26.8. The lowest BCUT2D eigenvalue weighted by Gasteiger charge is -2.39. The van der Waals surface area contributed by atoms with Gasteiger partial charge in [-0.25, -0.2) is 13.4 Å². The molecule has 246 valence electrons. The fraction of sp³-hybridized carbons (Fsp3) is 0.667. The highest BCUT2D eigenvalue weighted by Crippen LogP contribution is 2.28. The van der Waals surface area contributed by atoms with E-state index in [0.29, 0.717) is 29.2 Å². The largest absolute Gasteiger partial charge is 0.365 e. The maximum Gasteiger partial charge on any atom is 0.329 e. The van der Waals surface area contributed by atoms with Crippen molar-refractivity contribution >= 4 is 35.4 Å². The number of hydrogen-bond donors (Lipinski definition) is 2. The van der Waals surface area contributed by atoms with E-state index in [1.165, 1.54) is 28.5 Å². The van der Waals surface area contributed by atoms with E-state index in [2.05, 4.69) is 30.7 Å². The first-order valence-electron chi connectivity index (χ1n) is 16.5. The van der Waals surface area contributed by atoms with Crippen molar-refractivity contribution in [2.75, 3.05) is 59.5 Å². The van der Waals surface area contributed by atoms with Gasteiger partial charge in [0.15, 0.2) is 0 Å². The number of nitrogens with one attached hydrogen (secondary N) is 1. The Bertz CT molecular complexity index is 1410. The van der Waals surface area contributed by atoms with E-state index in [9.17, 15) is 14.4 Å². The number of nitrogens with zero attached hydrogens (tertiary/aromatic N) is 5. The predicted octanol–water partition coefficient (Wildman–Crippen LogP) is 2.14. The first-order chi connectivity index (χ1) is 21.9. The van der Waals surface area contributed by atoms with Gasteiger partial charge in [-0.2, -0.15) is 0 Å². The number of aromatic nitrogens is 2. The quantitative estimate of drug-likeness (QED) is 0.217. The van der Waals surface area contributed by atoms with Crippen LogP contribution in [0.15, 0.2) is 23.0 Å². The van der Waals surface area contributed by atoms with Crippen molar-refractivity contribution in [3.63, 3.8) is 0 Å². The third kappa shape index (κ3) is 8.78. The van der Waals surface area contributed by atoms with Crippen molar-refractivity contribution in [3.8, 4) is 11.8 Å². The second-order valence-electron chi connectivity index (χ2n) is 12.6. The summed E-state index contributed by atoms with van der Waals surface area (Å²) in [5, 5.41) is 2.56. The summed E-state index contributed by atoms with van der Waals surface area (Å²) in [5.41, 5.74) is 7.78. The number of aldehydes is 1. The number of piperidine rings is 3. The van der Waals surface area contributed by atoms with Gasteiger partial charge in [-0.05, 0) is 63.0 Å². The lowest BCUT2D eigenvalue weighted by molar-refractivity contribution is -0.121. The minimum absolute atomic E-state index is 0.159. The van der Waals surface area contributed by atoms with E-state index in [0.717, 1.165) is 77.2 Å². The first kappa shape index (κ1) is 33.7. The van der Waals surface area contributed by atoms with Gasteiger partial charge in [0, 0.05) is 84.5 Å². The molecule has 11 nitrogen and oxygen atoms in total. The molecule has 3 saturated heterocycles. The SMILES string of the molecule is CNC(=O)CCC(C=O)n1c(=O)n(C)c2c(C#CCOC3CCN(CC4CCN(SN5CCC(N)CC5)CC4)CC3)cccc21. The number of para-hydroxylation sites is 1. The minimum atomic E-state index is -0.729. The Morgan fingerprint density at radius 2 is 1.78 bits per heavy atom. The molecule has 1 unspecified atom stereocenters. The zero-order chi connectivity index (χ0) is 31.8. The van der Waals surface area contributed by atoms with Crippen molar-refractivity contribution < 1.29 is 14.3 Å². The molecule has 0 bridgehead atoms. The van der Waals surface area contributed by atoms with Crippen LogP contribution in [-0.4, -0.2) is 106 Å². The lowest BCUT2D eigenvalue weighted by atomic mass is 9.96. The lowest BCUT2D eigenvalue weighted by Crippen LogP contribution is -2.43. The number of hydrogen-bond acceptors (Lipinski definition) is 9. The van der Waals surface area contributed by atoms with Crippen LogP contribution in [0.5, 0.6) is 0 Å². The summed E-state index contributed by atoms with van der Waals surface area (Å²) in [7, 11) is 3.24. The van der Waals surface area contributed by atoms with Crippen LogP contribution in [0.25, 0.3) is 11.0 Å². The minimum Gasteiger partial charge on any atom is -0.365 e. The van der Waals surface area contributed by atoms with Crippen LogP contribution in [0.4, 0.5) is 0 Å². The van der Waals surface area contributed by atoms with Gasteiger partial charge in [-0.1, -0.05) is 17.9 Å². The maximum atomic E-state index is 13.1. The number of benzene rings is 1. The van der Waals surface area contributed by atoms with Crippen molar-refractivity contribution in [2.24, 2.45) is 18.7 Å². The normalized spacial score (nSPS) is 20.6. The number of rotatable bonds is 11. The smallest absolute Gasteiger partial charge is 0.329 e. The summed E-state index contributed by atoms with van der Waals surface area (Å²) in [5.74, 6) is 6.95. The number of ether oxygens (including phenoxy) is 1. The third-order valence-electron chi connectivity index (χ3n) is 9.51. The van der Waals surface area contributed by atoms with Gasteiger partial charge in [0.25, 0.3) is 0 Å². The number of carbonyl (C=O) groups excluding carboxylic acids is 2. The van der Waals surface area contributed by atoms with Crippen LogP contribution < -0.4 is 16.7 Å². The number of carbonyl (C=O) groups is 2. The van der Waals surface area contributed by atoms with E-state index < -0.39 is 6.04 Å². The van der Waals surface area contributed by atoms with Gasteiger partial charge in [0.2, 0.25) is 5.91 Å². The zero-order valence-corrected chi connectivity index (χ0v) is 27.6. The molecule has 0 spiro atoms. The molecule has 45 heavy (non-hydrogen) atoms. The predicted molar refractivity (Wildman–Crippen MR) is 179 cm³/mol. The molecule has 12 heteroatoms. The topological polar surface area (TPSA) is 118 Å². The van der Waals surface area contributed by atoms with E-state index in [-0.39, 0.29) is 30.5 Å². The Morgan fingerprint density at radius 1 is 1.09 bits per heavy atom. The molecule has 0 aliphatic carbocycles. The number of fused-ring (bicyclic) bond motifs is 1. The van der Waals surface area contributed by atoms with Crippen molar-refractivity contribution in [1.29, 1.82) is 0 Å². The Labute approximate surface area is 271 Å². The fourth-order valence-corrected chi connectivity index (χ4v) is 7.81. The summed E-state index contributed by atoms with van der Waals surface area (Å²) < 4.78 is 14.2. The second kappa shape index (κ2) is 16.3. The Hall–Kier alpha value is -2.66. The number of nitrogens with two attached hydrogens (primary N) is 1. The molecule has 4 heterocycles. The van der Waals surface area contributed by atoms with E-state index >= 15 is 0 Å². The molecule has 0 saturated carbocycles. The van der Waals surface area contributed by atoms with Gasteiger partial charge in [-0.15, -0.1) is 0 Å². The number of amides is 1. The van der Waals surface area contributed by atoms with Gasteiger partial charge < -0.3 is 25.5 Å². The van der Waals surface area contributed by atoms with Crippen molar-refractivity contribution in [2.45, 2.75) is 69.6 Å². The molecule has 1 atom stereocenters. The molecule has 1 aromatic heterocycles. The van der Waals surface area contributed by atoms with Gasteiger partial charge >= 0.3 is 5.69 Å². The average Bonchev–Trinajstić information content (AvgIpc) is 3.32. The molecular weight excluding hydrogens is 590 g/mol. The highest BCUT2D eigenvalue weighted by Gasteiger charge is 2.27. The highest BCUT2D eigenvalue weighted by molar-refractivity contribution is 7.94. The highest BCUT2D eigenvalue weighted by atomic mass is 32.2. The number of likely N-dealkylation sites (tertiary alicyclic amines) is 1. The second-order valence-corrected chi connectivity index (χ2v) is 13.8. The van der Waals surface area contributed by atoms with Crippen LogP contribution in [0, 0.1) is 17.8 Å². The molecule has 5 rings (SSSR count).